The largest absolute Gasteiger partial charge is 0.468 e. The maximum absolute atomic E-state index is 11.1. The normalized spacial score (nSPS) is 20.5. The fourth-order valence-corrected chi connectivity index (χ4v) is 2.63. The molecule has 0 amide bonds. The molecule has 15 heavy (non-hydrogen) atoms. The molecule has 0 saturated carbocycles. The van der Waals surface area contributed by atoms with Gasteiger partial charge in [0.15, 0.2) is 9.84 Å². The van der Waals surface area contributed by atoms with Crippen molar-refractivity contribution in [2.75, 3.05) is 11.5 Å². The molecular weight excluding hydrogens is 234 g/mol. The van der Waals surface area contributed by atoms with Gasteiger partial charge in [0, 0.05) is 5.70 Å². The third-order valence-corrected chi connectivity index (χ3v) is 3.73. The minimum Gasteiger partial charge on any atom is -0.468 e. The van der Waals surface area contributed by atoms with Crippen LogP contribution in [0.1, 0.15) is 20.3 Å². The van der Waals surface area contributed by atoms with E-state index in [1.54, 1.807) is 6.08 Å². The van der Waals surface area contributed by atoms with Crippen molar-refractivity contribution >= 4 is 27.2 Å². The molecule has 0 fully saturated rings. The van der Waals surface area contributed by atoms with Crippen LogP contribution in [0.5, 0.6) is 0 Å². The summed E-state index contributed by atoms with van der Waals surface area (Å²) < 4.78 is 27.6. The Morgan fingerprint density at radius 1 is 1.73 bits per heavy atom. The Morgan fingerprint density at radius 2 is 2.40 bits per heavy atom. The lowest BCUT2D eigenvalue weighted by atomic mass is 10.3. The SMILES string of the molecule is CC[C@@H](C)OC(=S)NC1=CCS(=O)(=O)C1. The lowest BCUT2D eigenvalue weighted by Crippen LogP contribution is -2.28. The third-order valence-electron chi connectivity index (χ3n) is 2.10. The molecule has 1 heterocycles. The quantitative estimate of drug-likeness (QED) is 0.756. The molecule has 1 rings (SSSR count). The van der Waals surface area contributed by atoms with Gasteiger partial charge in [0.2, 0.25) is 0 Å². The highest BCUT2D eigenvalue weighted by atomic mass is 32.2. The molecule has 0 unspecified atom stereocenters. The minimum absolute atomic E-state index is 0.0248. The maximum Gasteiger partial charge on any atom is 0.261 e. The van der Waals surface area contributed by atoms with Gasteiger partial charge in [-0.3, -0.25) is 0 Å². The Bertz CT molecular complexity index is 373. The van der Waals surface area contributed by atoms with Gasteiger partial charge in [-0.2, -0.15) is 0 Å². The fraction of sp³-hybridized carbons (Fsp3) is 0.667. The van der Waals surface area contributed by atoms with Crippen LogP contribution in [-0.4, -0.2) is 31.2 Å². The van der Waals surface area contributed by atoms with Crippen LogP contribution in [0, 0.1) is 0 Å². The van der Waals surface area contributed by atoms with Crippen LogP contribution >= 0.6 is 12.2 Å². The Balaban J connectivity index is 2.41. The Kier molecular flexibility index (Phi) is 4.10. The van der Waals surface area contributed by atoms with E-state index < -0.39 is 9.84 Å². The van der Waals surface area contributed by atoms with E-state index in [1.807, 2.05) is 13.8 Å². The molecule has 0 aromatic heterocycles. The van der Waals surface area contributed by atoms with Crippen LogP contribution in [0.3, 0.4) is 0 Å². The molecule has 0 radical (unpaired) electrons. The van der Waals surface area contributed by atoms with Gasteiger partial charge in [0.1, 0.15) is 0 Å². The lowest BCUT2D eigenvalue weighted by Gasteiger charge is -2.14. The molecule has 4 nitrogen and oxygen atoms in total. The minimum atomic E-state index is -2.95. The molecule has 0 spiro atoms. The first-order chi connectivity index (χ1) is 6.93. The molecule has 0 aromatic rings. The molecule has 0 bridgehead atoms. The first-order valence-electron chi connectivity index (χ1n) is 4.80. The van der Waals surface area contributed by atoms with E-state index >= 15 is 0 Å². The zero-order chi connectivity index (χ0) is 11.5. The van der Waals surface area contributed by atoms with Crippen molar-refractivity contribution in [2.45, 2.75) is 26.4 Å². The average molecular weight is 249 g/mol. The van der Waals surface area contributed by atoms with Crippen LogP contribution in [-0.2, 0) is 14.6 Å². The van der Waals surface area contributed by atoms with Crippen molar-refractivity contribution in [3.8, 4) is 0 Å². The number of thiocarbonyl (C=S) groups is 1. The standard InChI is InChI=1S/C9H15NO3S2/c1-3-7(2)13-9(14)10-8-4-5-15(11,12)6-8/h4,7H,3,5-6H2,1-2H3,(H,10,14)/t7-/m1/s1. The van der Waals surface area contributed by atoms with E-state index in [-0.39, 0.29) is 22.8 Å². The second-order valence-electron chi connectivity index (χ2n) is 3.53. The van der Waals surface area contributed by atoms with Gasteiger partial charge in [-0.15, -0.1) is 0 Å². The number of rotatable bonds is 3. The van der Waals surface area contributed by atoms with Gasteiger partial charge >= 0.3 is 0 Å². The molecule has 0 aliphatic carbocycles. The van der Waals surface area contributed by atoms with Crippen molar-refractivity contribution in [2.24, 2.45) is 0 Å². The fourth-order valence-electron chi connectivity index (χ4n) is 1.10. The molecule has 1 aliphatic heterocycles. The van der Waals surface area contributed by atoms with Crippen molar-refractivity contribution in [3.05, 3.63) is 11.8 Å². The molecule has 86 valence electrons. The summed E-state index contributed by atoms with van der Waals surface area (Å²) in [5, 5.41) is 3.03. The van der Waals surface area contributed by atoms with E-state index in [4.69, 9.17) is 17.0 Å². The zero-order valence-corrected chi connectivity index (χ0v) is 10.5. The van der Waals surface area contributed by atoms with E-state index in [0.29, 0.717) is 5.70 Å². The number of ether oxygens (including phenoxy) is 1. The number of sulfone groups is 1. The van der Waals surface area contributed by atoms with Crippen molar-refractivity contribution in [3.63, 3.8) is 0 Å². The summed E-state index contributed by atoms with van der Waals surface area (Å²) in [5.41, 5.74) is 0.614. The van der Waals surface area contributed by atoms with E-state index in [9.17, 15) is 8.42 Å². The second-order valence-corrected chi connectivity index (χ2v) is 6.01. The van der Waals surface area contributed by atoms with Crippen LogP contribution in [0.15, 0.2) is 11.8 Å². The smallest absolute Gasteiger partial charge is 0.261 e. The number of hydrogen-bond donors (Lipinski definition) is 1. The maximum atomic E-state index is 11.1. The summed E-state index contributed by atoms with van der Waals surface area (Å²) in [6, 6.07) is 0. The van der Waals surface area contributed by atoms with Crippen LogP contribution < -0.4 is 5.32 Å². The Labute approximate surface area is 95.6 Å². The average Bonchev–Trinajstić information content (AvgIpc) is 2.44. The van der Waals surface area contributed by atoms with Gasteiger partial charge in [-0.05, 0) is 31.6 Å². The summed E-state index contributed by atoms with van der Waals surface area (Å²) in [7, 11) is -2.95. The van der Waals surface area contributed by atoms with Gasteiger partial charge in [0.05, 0.1) is 17.6 Å². The predicted molar refractivity (Wildman–Crippen MR) is 63.3 cm³/mol. The predicted octanol–water partition coefficient (Wildman–Crippen LogP) is 0.988. The highest BCUT2D eigenvalue weighted by molar-refractivity contribution is 7.92. The van der Waals surface area contributed by atoms with Crippen molar-refractivity contribution in [1.29, 1.82) is 0 Å². The molecule has 1 atom stereocenters. The summed E-state index contributed by atoms with van der Waals surface area (Å²) in [4.78, 5) is 0. The summed E-state index contributed by atoms with van der Waals surface area (Å²) in [6.07, 6.45) is 2.53. The molecular formula is C9H15NO3S2. The molecule has 1 N–H and O–H groups in total. The molecule has 6 heteroatoms. The van der Waals surface area contributed by atoms with Gasteiger partial charge in [-0.1, -0.05) is 6.92 Å². The molecule has 0 aromatic carbocycles. The number of nitrogens with one attached hydrogen (secondary N) is 1. The molecule has 1 aliphatic rings. The van der Waals surface area contributed by atoms with E-state index in [0.717, 1.165) is 6.42 Å². The third kappa shape index (κ3) is 4.17. The first-order valence-corrected chi connectivity index (χ1v) is 7.03. The van der Waals surface area contributed by atoms with Gasteiger partial charge in [-0.25, -0.2) is 8.42 Å². The molecule has 0 saturated heterocycles. The van der Waals surface area contributed by atoms with Crippen LogP contribution in [0.2, 0.25) is 0 Å². The summed E-state index contributed by atoms with van der Waals surface area (Å²) >= 11 is 4.94. The monoisotopic (exact) mass is 249 g/mol. The summed E-state index contributed by atoms with van der Waals surface area (Å²) in [5.74, 6) is 0.109. The first kappa shape index (κ1) is 12.4. The number of hydrogen-bond acceptors (Lipinski definition) is 4. The second kappa shape index (κ2) is 4.94. The van der Waals surface area contributed by atoms with Crippen LogP contribution in [0.25, 0.3) is 0 Å². The topological polar surface area (TPSA) is 55.4 Å². The van der Waals surface area contributed by atoms with Gasteiger partial charge in [0.25, 0.3) is 5.17 Å². The van der Waals surface area contributed by atoms with Gasteiger partial charge < -0.3 is 10.1 Å². The van der Waals surface area contributed by atoms with Crippen molar-refractivity contribution in [1.82, 2.24) is 5.32 Å². The Hall–Kier alpha value is -0.620. The highest BCUT2D eigenvalue weighted by Crippen LogP contribution is 2.09. The van der Waals surface area contributed by atoms with Crippen LogP contribution in [0.4, 0.5) is 0 Å². The van der Waals surface area contributed by atoms with E-state index in [2.05, 4.69) is 5.32 Å². The van der Waals surface area contributed by atoms with E-state index in [1.165, 1.54) is 0 Å². The lowest BCUT2D eigenvalue weighted by molar-refractivity contribution is 0.202. The highest BCUT2D eigenvalue weighted by Gasteiger charge is 2.20. The summed E-state index contributed by atoms with van der Waals surface area (Å²) in [6.45, 7) is 3.90. The Morgan fingerprint density at radius 3 is 2.87 bits per heavy atom. The van der Waals surface area contributed by atoms with Crippen molar-refractivity contribution < 1.29 is 13.2 Å². The zero-order valence-electron chi connectivity index (χ0n) is 8.82.